The van der Waals surface area contributed by atoms with Crippen molar-refractivity contribution in [2.45, 2.75) is 31.3 Å². The SMILES string of the molecule is C=CCN(C)C(=O)[C@H](NC(=O)[C@H](CC)NC(=O)OCC1c2ccccc2-c2ccccc21)c1ccccc1. The molecule has 196 valence electrons. The second-order valence-corrected chi connectivity index (χ2v) is 9.29. The average molecular weight is 512 g/mol. The third-order valence-electron chi connectivity index (χ3n) is 6.81. The number of hydrogen-bond donors (Lipinski definition) is 2. The molecule has 1 aliphatic carbocycles. The Morgan fingerprint density at radius 1 is 0.921 bits per heavy atom. The van der Waals surface area contributed by atoms with Crippen molar-refractivity contribution >= 4 is 17.9 Å². The number of carbonyl (C=O) groups excluding carboxylic acids is 3. The molecule has 0 radical (unpaired) electrons. The van der Waals surface area contributed by atoms with Crippen LogP contribution >= 0.6 is 0 Å². The predicted octanol–water partition coefficient (Wildman–Crippen LogP) is 4.81. The minimum Gasteiger partial charge on any atom is -0.449 e. The first-order valence-corrected chi connectivity index (χ1v) is 12.8. The van der Waals surface area contributed by atoms with Crippen LogP contribution in [-0.2, 0) is 14.3 Å². The summed E-state index contributed by atoms with van der Waals surface area (Å²) in [6, 6.07) is 23.5. The molecule has 0 bridgehead atoms. The van der Waals surface area contributed by atoms with E-state index in [9.17, 15) is 14.4 Å². The van der Waals surface area contributed by atoms with Crippen LogP contribution in [0.1, 0.15) is 42.0 Å². The van der Waals surface area contributed by atoms with Gasteiger partial charge in [0.05, 0.1) is 0 Å². The molecule has 0 heterocycles. The van der Waals surface area contributed by atoms with Crippen LogP contribution in [0.15, 0.2) is 91.5 Å². The standard InChI is InChI=1S/C31H33N3O4/c1-4-19-34(3)30(36)28(21-13-7-6-8-14-21)33-29(35)27(5-2)32-31(37)38-20-26-24-17-11-9-15-22(24)23-16-10-12-18-25(23)26/h4,6-18,26-28H,1,5,19-20H2,2-3H3,(H,32,37)(H,33,35)/t27-,28+/m0/s1. The molecule has 0 aliphatic heterocycles. The first kappa shape index (κ1) is 26.7. The molecule has 7 nitrogen and oxygen atoms in total. The van der Waals surface area contributed by atoms with E-state index in [4.69, 9.17) is 4.74 Å². The first-order chi connectivity index (χ1) is 18.4. The largest absolute Gasteiger partial charge is 0.449 e. The summed E-state index contributed by atoms with van der Waals surface area (Å²) in [4.78, 5) is 40.6. The Hall–Kier alpha value is -4.39. The lowest BCUT2D eigenvalue weighted by atomic mass is 9.98. The maximum atomic E-state index is 13.2. The van der Waals surface area contributed by atoms with Gasteiger partial charge in [-0.15, -0.1) is 6.58 Å². The van der Waals surface area contributed by atoms with E-state index in [0.29, 0.717) is 18.5 Å². The van der Waals surface area contributed by atoms with E-state index < -0.39 is 24.1 Å². The molecule has 0 spiro atoms. The number of nitrogens with one attached hydrogen (secondary N) is 2. The fraction of sp³-hybridized carbons (Fsp3) is 0.258. The van der Waals surface area contributed by atoms with Gasteiger partial charge in [-0.25, -0.2) is 4.79 Å². The molecule has 7 heteroatoms. The smallest absolute Gasteiger partial charge is 0.407 e. The van der Waals surface area contributed by atoms with E-state index in [1.54, 1.807) is 32.2 Å². The van der Waals surface area contributed by atoms with Crippen molar-refractivity contribution in [1.82, 2.24) is 15.5 Å². The van der Waals surface area contributed by atoms with Crippen molar-refractivity contribution in [3.05, 3.63) is 108 Å². The lowest BCUT2D eigenvalue weighted by Crippen LogP contribution is -2.50. The predicted molar refractivity (Wildman–Crippen MR) is 147 cm³/mol. The van der Waals surface area contributed by atoms with Gasteiger partial charge >= 0.3 is 6.09 Å². The van der Waals surface area contributed by atoms with Gasteiger partial charge in [0.1, 0.15) is 18.7 Å². The Kier molecular flexibility index (Phi) is 8.58. The molecule has 3 amide bonds. The van der Waals surface area contributed by atoms with Gasteiger partial charge in [0, 0.05) is 19.5 Å². The summed E-state index contributed by atoms with van der Waals surface area (Å²) in [5.41, 5.74) is 5.15. The van der Waals surface area contributed by atoms with Crippen LogP contribution in [0.5, 0.6) is 0 Å². The topological polar surface area (TPSA) is 87.7 Å². The number of fused-ring (bicyclic) bond motifs is 3. The van der Waals surface area contributed by atoms with Crippen LogP contribution in [-0.4, -0.2) is 49.0 Å². The molecule has 0 saturated heterocycles. The molecule has 3 aromatic rings. The highest BCUT2D eigenvalue weighted by atomic mass is 16.5. The van der Waals surface area contributed by atoms with Crippen molar-refractivity contribution < 1.29 is 19.1 Å². The summed E-state index contributed by atoms with van der Waals surface area (Å²) in [7, 11) is 1.65. The Balaban J connectivity index is 1.42. The van der Waals surface area contributed by atoms with Gasteiger partial charge in [0.15, 0.2) is 0 Å². The molecule has 1 aliphatic rings. The zero-order chi connectivity index (χ0) is 27.1. The summed E-state index contributed by atoms with van der Waals surface area (Å²) in [5.74, 6) is -0.821. The second-order valence-electron chi connectivity index (χ2n) is 9.29. The number of benzene rings is 3. The molecule has 0 fully saturated rings. The van der Waals surface area contributed by atoms with Crippen LogP contribution in [0.25, 0.3) is 11.1 Å². The lowest BCUT2D eigenvalue weighted by molar-refractivity contribution is -0.135. The number of nitrogens with zero attached hydrogens (tertiary/aromatic N) is 1. The van der Waals surface area contributed by atoms with E-state index in [0.717, 1.165) is 22.3 Å². The third-order valence-corrected chi connectivity index (χ3v) is 6.81. The molecule has 0 unspecified atom stereocenters. The zero-order valence-electron chi connectivity index (χ0n) is 21.7. The van der Waals surface area contributed by atoms with Crippen LogP contribution < -0.4 is 10.6 Å². The number of alkyl carbamates (subject to hydrolysis) is 1. The third kappa shape index (κ3) is 5.78. The number of hydrogen-bond acceptors (Lipinski definition) is 4. The molecule has 0 aromatic heterocycles. The molecular weight excluding hydrogens is 478 g/mol. The van der Waals surface area contributed by atoms with Gasteiger partial charge in [0.2, 0.25) is 11.8 Å². The molecule has 4 rings (SSSR count). The number of carbonyl (C=O) groups is 3. The lowest BCUT2D eigenvalue weighted by Gasteiger charge is -2.26. The zero-order valence-corrected chi connectivity index (χ0v) is 21.7. The van der Waals surface area contributed by atoms with Gasteiger partial charge in [0.25, 0.3) is 0 Å². The Bertz CT molecular complexity index is 1260. The van der Waals surface area contributed by atoms with Gasteiger partial charge in [-0.3, -0.25) is 9.59 Å². The number of likely N-dealkylation sites (N-methyl/N-ethyl adjacent to an activating group) is 1. The van der Waals surface area contributed by atoms with Crippen molar-refractivity contribution in [3.8, 4) is 11.1 Å². The highest BCUT2D eigenvalue weighted by Gasteiger charge is 2.31. The summed E-state index contributed by atoms with van der Waals surface area (Å²) >= 11 is 0. The van der Waals surface area contributed by atoms with Crippen molar-refractivity contribution in [2.24, 2.45) is 0 Å². The monoisotopic (exact) mass is 511 g/mol. The quantitative estimate of drug-likeness (QED) is 0.383. The van der Waals surface area contributed by atoms with Crippen LogP contribution in [0.3, 0.4) is 0 Å². The van der Waals surface area contributed by atoms with Crippen molar-refractivity contribution in [3.63, 3.8) is 0 Å². The van der Waals surface area contributed by atoms with Crippen molar-refractivity contribution in [2.75, 3.05) is 20.2 Å². The Morgan fingerprint density at radius 2 is 1.50 bits per heavy atom. The van der Waals surface area contributed by atoms with Gasteiger partial charge in [-0.1, -0.05) is 91.9 Å². The normalized spacial score (nSPS) is 13.4. The summed E-state index contributed by atoms with van der Waals surface area (Å²) in [5, 5.41) is 5.49. The molecular formula is C31H33N3O4. The number of rotatable bonds is 10. The fourth-order valence-electron chi connectivity index (χ4n) is 4.82. The van der Waals surface area contributed by atoms with E-state index in [2.05, 4.69) is 29.3 Å². The van der Waals surface area contributed by atoms with Gasteiger partial charge in [-0.2, -0.15) is 0 Å². The van der Waals surface area contributed by atoms with Crippen molar-refractivity contribution in [1.29, 1.82) is 0 Å². The second kappa shape index (κ2) is 12.2. The molecule has 2 atom stereocenters. The minimum atomic E-state index is -0.896. The van der Waals surface area contributed by atoms with E-state index in [1.165, 1.54) is 4.90 Å². The van der Waals surface area contributed by atoms with Gasteiger partial charge < -0.3 is 20.3 Å². The summed E-state index contributed by atoms with van der Waals surface area (Å²) in [6.07, 6.45) is 1.27. The summed E-state index contributed by atoms with van der Waals surface area (Å²) < 4.78 is 5.61. The molecule has 38 heavy (non-hydrogen) atoms. The Morgan fingerprint density at radius 3 is 2.08 bits per heavy atom. The maximum absolute atomic E-state index is 13.2. The number of amides is 3. The number of ether oxygens (including phenoxy) is 1. The van der Waals surface area contributed by atoms with E-state index in [-0.39, 0.29) is 18.4 Å². The highest BCUT2D eigenvalue weighted by molar-refractivity contribution is 5.92. The van der Waals surface area contributed by atoms with E-state index in [1.807, 2.05) is 54.6 Å². The highest BCUT2D eigenvalue weighted by Crippen LogP contribution is 2.44. The van der Waals surface area contributed by atoms with Crippen LogP contribution in [0.4, 0.5) is 4.79 Å². The van der Waals surface area contributed by atoms with Crippen LogP contribution in [0, 0.1) is 0 Å². The molecule has 2 N–H and O–H groups in total. The molecule has 0 saturated carbocycles. The van der Waals surface area contributed by atoms with Gasteiger partial charge in [-0.05, 0) is 34.2 Å². The average Bonchev–Trinajstić information content (AvgIpc) is 3.27. The minimum absolute atomic E-state index is 0.0810. The van der Waals surface area contributed by atoms with E-state index >= 15 is 0 Å². The maximum Gasteiger partial charge on any atom is 0.407 e. The Labute approximate surface area is 223 Å². The van der Waals surface area contributed by atoms with Crippen LogP contribution in [0.2, 0.25) is 0 Å². The summed E-state index contributed by atoms with van der Waals surface area (Å²) in [6.45, 7) is 5.96. The molecule has 3 aromatic carbocycles. The fourth-order valence-corrected chi connectivity index (χ4v) is 4.82. The first-order valence-electron chi connectivity index (χ1n) is 12.8.